The third-order valence-corrected chi connectivity index (χ3v) is 3.22. The highest BCUT2D eigenvalue weighted by atomic mass is 17.2. The fourth-order valence-corrected chi connectivity index (χ4v) is 2.09. The van der Waals surface area contributed by atoms with Crippen molar-refractivity contribution in [3.05, 3.63) is 42.9 Å². The van der Waals surface area contributed by atoms with Crippen molar-refractivity contribution >= 4 is 16.8 Å². The zero-order chi connectivity index (χ0) is 17.4. The smallest absolute Gasteiger partial charge is 0.183 e. The van der Waals surface area contributed by atoms with E-state index in [0.29, 0.717) is 24.4 Å². The van der Waals surface area contributed by atoms with Crippen LogP contribution in [0.3, 0.4) is 0 Å². The molecule has 0 radical (unpaired) electrons. The van der Waals surface area contributed by atoms with E-state index in [1.54, 1.807) is 6.07 Å². The molecule has 0 aliphatic carbocycles. The van der Waals surface area contributed by atoms with E-state index >= 15 is 0 Å². The summed E-state index contributed by atoms with van der Waals surface area (Å²) in [5.41, 5.74) is 0.627. The fourth-order valence-electron chi connectivity index (χ4n) is 2.09. The van der Waals surface area contributed by atoms with Gasteiger partial charge in [-0.1, -0.05) is 32.6 Å². The van der Waals surface area contributed by atoms with Crippen LogP contribution in [-0.2, 0) is 21.0 Å². The van der Waals surface area contributed by atoms with E-state index in [2.05, 4.69) is 16.8 Å². The van der Waals surface area contributed by atoms with E-state index < -0.39 is 0 Å². The van der Waals surface area contributed by atoms with Crippen molar-refractivity contribution in [1.82, 2.24) is 5.32 Å². The Kier molecular flexibility index (Phi) is 6.84. The Balaban J connectivity index is 1.96. The van der Waals surface area contributed by atoms with Gasteiger partial charge in [-0.15, -0.1) is 0 Å². The zero-order valence-corrected chi connectivity index (χ0v) is 14.0. The van der Waals surface area contributed by atoms with Gasteiger partial charge >= 0.3 is 0 Å². The monoisotopic (exact) mass is 333 g/mol. The maximum Gasteiger partial charge on any atom is 0.183 e. The summed E-state index contributed by atoms with van der Waals surface area (Å²) in [7, 11) is 0. The van der Waals surface area contributed by atoms with Gasteiger partial charge in [0.2, 0.25) is 0 Å². The number of benzene rings is 1. The molecule has 0 saturated heterocycles. The summed E-state index contributed by atoms with van der Waals surface area (Å²) in [6.45, 7) is 8.01. The predicted octanol–water partition coefficient (Wildman–Crippen LogP) is 3.01. The Hall–Kier alpha value is -2.31. The number of furan rings is 1. The average Bonchev–Trinajstić information content (AvgIpc) is 2.98. The van der Waals surface area contributed by atoms with Crippen LogP contribution in [-0.4, -0.2) is 31.6 Å². The quantitative estimate of drug-likeness (QED) is 0.295. The lowest BCUT2D eigenvalue weighted by Crippen LogP contribution is -2.31. The van der Waals surface area contributed by atoms with E-state index in [9.17, 15) is 4.79 Å². The first-order chi connectivity index (χ1) is 11.6. The van der Waals surface area contributed by atoms with Crippen LogP contribution < -0.4 is 10.1 Å². The number of hydrogen-bond acceptors (Lipinski definition) is 6. The van der Waals surface area contributed by atoms with E-state index in [1.807, 2.05) is 32.0 Å². The highest BCUT2D eigenvalue weighted by Crippen LogP contribution is 2.29. The number of rotatable bonds is 11. The number of hydrogen-bond donors (Lipinski definition) is 1. The molecule has 130 valence electrons. The van der Waals surface area contributed by atoms with Gasteiger partial charge in [-0.05, 0) is 12.1 Å². The van der Waals surface area contributed by atoms with Crippen molar-refractivity contribution in [2.75, 3.05) is 19.8 Å². The molecule has 0 amide bonds. The molecular weight excluding hydrogens is 310 g/mol. The normalized spacial score (nSPS) is 11.0. The molecule has 0 fully saturated rings. The topological polar surface area (TPSA) is 69.9 Å². The molecule has 0 saturated carbocycles. The molecular formula is C18H23NO5. The lowest BCUT2D eigenvalue weighted by atomic mass is 10.2. The number of ether oxygens (including phenoxy) is 1. The lowest BCUT2D eigenvalue weighted by molar-refractivity contribution is -0.247. The highest BCUT2D eigenvalue weighted by molar-refractivity contribution is 5.85. The van der Waals surface area contributed by atoms with Crippen LogP contribution in [0.2, 0.25) is 0 Å². The van der Waals surface area contributed by atoms with E-state index in [1.165, 1.54) is 6.26 Å². The summed E-state index contributed by atoms with van der Waals surface area (Å²) >= 11 is 0. The van der Waals surface area contributed by atoms with Gasteiger partial charge in [-0.3, -0.25) is 4.79 Å². The van der Waals surface area contributed by atoms with Crippen molar-refractivity contribution in [3.63, 3.8) is 0 Å². The van der Waals surface area contributed by atoms with E-state index in [0.717, 1.165) is 11.1 Å². The van der Waals surface area contributed by atoms with Crippen molar-refractivity contribution in [1.29, 1.82) is 0 Å². The van der Waals surface area contributed by atoms with E-state index in [-0.39, 0.29) is 25.0 Å². The van der Waals surface area contributed by atoms with Gasteiger partial charge in [0.05, 0.1) is 6.54 Å². The Morgan fingerprint density at radius 2 is 2.25 bits per heavy atom. The van der Waals surface area contributed by atoms with Gasteiger partial charge in [-0.2, -0.15) is 4.89 Å². The molecule has 0 spiro atoms. The van der Waals surface area contributed by atoms with Crippen LogP contribution in [0.4, 0.5) is 0 Å². The number of carbonyl (C=O) groups excluding carboxylic acids is 1. The second-order valence-corrected chi connectivity index (χ2v) is 5.59. The maximum absolute atomic E-state index is 11.8. The van der Waals surface area contributed by atoms with Gasteiger partial charge in [-0.25, -0.2) is 0 Å². The first-order valence-corrected chi connectivity index (χ1v) is 7.88. The van der Waals surface area contributed by atoms with Crippen LogP contribution in [0.15, 0.2) is 41.5 Å². The predicted molar refractivity (Wildman–Crippen MR) is 90.8 cm³/mol. The fraction of sp³-hybridized carbons (Fsp3) is 0.389. The number of para-hydroxylation sites is 1. The first-order valence-electron chi connectivity index (χ1n) is 7.88. The third-order valence-electron chi connectivity index (χ3n) is 3.22. The SMILES string of the molecule is C=COOCCc1cc2cccc(OCC(=O)CNC(C)C)c2o1. The number of nitrogens with one attached hydrogen (secondary N) is 1. The van der Waals surface area contributed by atoms with E-state index in [4.69, 9.17) is 14.0 Å². The Morgan fingerprint density at radius 1 is 1.42 bits per heavy atom. The lowest BCUT2D eigenvalue weighted by Gasteiger charge is -2.08. The molecule has 1 N–H and O–H groups in total. The van der Waals surface area contributed by atoms with Crippen LogP contribution in [0.25, 0.3) is 11.0 Å². The second-order valence-electron chi connectivity index (χ2n) is 5.59. The van der Waals surface area contributed by atoms with Gasteiger partial charge in [0, 0.05) is 17.8 Å². The summed E-state index contributed by atoms with van der Waals surface area (Å²) in [6.07, 6.45) is 1.77. The van der Waals surface area contributed by atoms with Crippen molar-refractivity contribution in [3.8, 4) is 5.75 Å². The second kappa shape index (κ2) is 9.10. The summed E-state index contributed by atoms with van der Waals surface area (Å²) in [5.74, 6) is 1.30. The van der Waals surface area contributed by atoms with Crippen LogP contribution in [0.1, 0.15) is 19.6 Å². The Morgan fingerprint density at radius 3 is 3.00 bits per heavy atom. The van der Waals surface area contributed by atoms with Crippen LogP contribution in [0.5, 0.6) is 5.75 Å². The van der Waals surface area contributed by atoms with Crippen LogP contribution >= 0.6 is 0 Å². The van der Waals surface area contributed by atoms with Gasteiger partial charge in [0.15, 0.2) is 17.1 Å². The minimum atomic E-state index is -0.0116. The van der Waals surface area contributed by atoms with Gasteiger partial charge in [0.25, 0.3) is 0 Å². The Labute approximate surface area is 141 Å². The number of carbonyl (C=O) groups is 1. The van der Waals surface area contributed by atoms with Crippen molar-refractivity contribution in [2.45, 2.75) is 26.3 Å². The first kappa shape index (κ1) is 18.0. The molecule has 2 rings (SSSR count). The van der Waals surface area contributed by atoms with Crippen LogP contribution in [0, 0.1) is 0 Å². The largest absolute Gasteiger partial charge is 0.482 e. The molecule has 0 bridgehead atoms. The molecule has 6 nitrogen and oxygen atoms in total. The Bertz CT molecular complexity index is 677. The summed E-state index contributed by atoms with van der Waals surface area (Å²) in [6, 6.07) is 7.76. The summed E-state index contributed by atoms with van der Waals surface area (Å²) in [5, 5.41) is 3.99. The number of Topliss-reactive ketones (excluding diaryl/α,β-unsaturated/α-hetero) is 1. The summed E-state index contributed by atoms with van der Waals surface area (Å²) < 4.78 is 11.4. The standard InChI is InChI=1S/C18H23NO5/c1-4-22-23-9-8-16-10-14-6-5-7-17(18(14)24-16)21-12-15(20)11-19-13(2)3/h4-7,10,13,19H,1,8-9,11-12H2,2-3H3. The minimum absolute atomic E-state index is 0.00511. The third kappa shape index (κ3) is 5.40. The minimum Gasteiger partial charge on any atom is -0.482 e. The maximum atomic E-state index is 11.8. The average molecular weight is 333 g/mol. The summed E-state index contributed by atoms with van der Waals surface area (Å²) in [4.78, 5) is 21.3. The van der Waals surface area contributed by atoms with Crippen molar-refractivity contribution < 1.29 is 23.7 Å². The molecule has 1 aromatic carbocycles. The molecule has 0 aliphatic rings. The molecule has 1 aromatic heterocycles. The van der Waals surface area contributed by atoms with Gasteiger partial charge in [0.1, 0.15) is 25.2 Å². The van der Waals surface area contributed by atoms with Gasteiger partial charge < -0.3 is 19.4 Å². The molecule has 2 aromatic rings. The molecule has 6 heteroatoms. The molecule has 0 aliphatic heterocycles. The number of fused-ring (bicyclic) bond motifs is 1. The molecule has 24 heavy (non-hydrogen) atoms. The molecule has 0 atom stereocenters. The molecule has 1 heterocycles. The number of ketones is 1. The zero-order valence-electron chi connectivity index (χ0n) is 14.0. The molecule has 0 unspecified atom stereocenters. The van der Waals surface area contributed by atoms with Crippen molar-refractivity contribution in [2.24, 2.45) is 0 Å². The highest BCUT2D eigenvalue weighted by Gasteiger charge is 2.11.